The van der Waals surface area contributed by atoms with E-state index in [1.165, 1.54) is 0 Å². The second-order valence-corrected chi connectivity index (χ2v) is 5.86. The highest BCUT2D eigenvalue weighted by molar-refractivity contribution is 6.03. The number of anilines is 1. The van der Waals surface area contributed by atoms with Crippen LogP contribution >= 0.6 is 0 Å². The Bertz CT molecular complexity index is 807. The summed E-state index contributed by atoms with van der Waals surface area (Å²) in [7, 11) is 0. The molecule has 0 aliphatic carbocycles. The fraction of sp³-hybridized carbons (Fsp3) is 0.263. The van der Waals surface area contributed by atoms with Crippen LogP contribution in [0.2, 0.25) is 0 Å². The SMILES string of the molecule is NCCCC(=O)Nc1ccccc1C(=O)NCc1ccc2c(c1)OCO2. The predicted molar refractivity (Wildman–Crippen MR) is 97.1 cm³/mol. The summed E-state index contributed by atoms with van der Waals surface area (Å²) in [5.74, 6) is 0.943. The van der Waals surface area contributed by atoms with E-state index >= 15 is 0 Å². The molecular formula is C19H21N3O4. The number of fused-ring (bicyclic) bond motifs is 1. The van der Waals surface area contributed by atoms with Crippen molar-refractivity contribution in [3.8, 4) is 11.5 Å². The van der Waals surface area contributed by atoms with E-state index in [1.807, 2.05) is 18.2 Å². The first-order chi connectivity index (χ1) is 12.7. The molecule has 136 valence electrons. The number of hydrogen-bond acceptors (Lipinski definition) is 5. The van der Waals surface area contributed by atoms with Gasteiger partial charge in [-0.1, -0.05) is 18.2 Å². The van der Waals surface area contributed by atoms with Crippen molar-refractivity contribution in [3.63, 3.8) is 0 Å². The maximum absolute atomic E-state index is 12.5. The van der Waals surface area contributed by atoms with Crippen molar-refractivity contribution in [2.75, 3.05) is 18.7 Å². The van der Waals surface area contributed by atoms with Crippen LogP contribution < -0.4 is 25.8 Å². The lowest BCUT2D eigenvalue weighted by Gasteiger charge is -2.11. The first-order valence-corrected chi connectivity index (χ1v) is 8.43. The van der Waals surface area contributed by atoms with E-state index in [9.17, 15) is 9.59 Å². The van der Waals surface area contributed by atoms with Gasteiger partial charge in [-0.3, -0.25) is 9.59 Å². The van der Waals surface area contributed by atoms with Crippen molar-refractivity contribution in [3.05, 3.63) is 53.6 Å². The van der Waals surface area contributed by atoms with Gasteiger partial charge in [-0.05, 0) is 42.8 Å². The molecule has 0 radical (unpaired) electrons. The highest BCUT2D eigenvalue weighted by Crippen LogP contribution is 2.32. The number of carbonyl (C=O) groups excluding carboxylic acids is 2. The number of nitrogens with one attached hydrogen (secondary N) is 2. The normalized spacial score (nSPS) is 11.9. The predicted octanol–water partition coefficient (Wildman–Crippen LogP) is 2.02. The molecule has 26 heavy (non-hydrogen) atoms. The average Bonchev–Trinajstić information content (AvgIpc) is 3.12. The number of para-hydroxylation sites is 1. The molecule has 1 aliphatic heterocycles. The fourth-order valence-electron chi connectivity index (χ4n) is 2.59. The molecule has 4 N–H and O–H groups in total. The third-order valence-corrected chi connectivity index (χ3v) is 3.94. The number of hydrogen-bond donors (Lipinski definition) is 3. The lowest BCUT2D eigenvalue weighted by molar-refractivity contribution is -0.116. The third kappa shape index (κ3) is 4.31. The summed E-state index contributed by atoms with van der Waals surface area (Å²) in [4.78, 5) is 24.4. The van der Waals surface area contributed by atoms with E-state index in [4.69, 9.17) is 15.2 Å². The van der Waals surface area contributed by atoms with Gasteiger partial charge < -0.3 is 25.8 Å². The van der Waals surface area contributed by atoms with Crippen LogP contribution in [-0.2, 0) is 11.3 Å². The summed E-state index contributed by atoms with van der Waals surface area (Å²) < 4.78 is 10.6. The number of benzene rings is 2. The van der Waals surface area contributed by atoms with E-state index in [0.29, 0.717) is 48.7 Å². The molecule has 0 spiro atoms. The molecule has 0 aromatic heterocycles. The van der Waals surface area contributed by atoms with Gasteiger partial charge in [0, 0.05) is 13.0 Å². The zero-order valence-electron chi connectivity index (χ0n) is 14.3. The Kier molecular flexibility index (Phi) is 5.70. The topological polar surface area (TPSA) is 103 Å². The lowest BCUT2D eigenvalue weighted by atomic mass is 10.1. The lowest BCUT2D eigenvalue weighted by Crippen LogP contribution is -2.25. The van der Waals surface area contributed by atoms with Crippen LogP contribution in [0.3, 0.4) is 0 Å². The molecule has 0 fully saturated rings. The Morgan fingerprint density at radius 2 is 1.88 bits per heavy atom. The van der Waals surface area contributed by atoms with Crippen LogP contribution in [0.25, 0.3) is 0 Å². The van der Waals surface area contributed by atoms with Crippen molar-refractivity contribution < 1.29 is 19.1 Å². The number of carbonyl (C=O) groups is 2. The van der Waals surface area contributed by atoms with Gasteiger partial charge in [-0.25, -0.2) is 0 Å². The van der Waals surface area contributed by atoms with Gasteiger partial charge in [0.25, 0.3) is 5.91 Å². The molecule has 0 bridgehead atoms. The van der Waals surface area contributed by atoms with E-state index < -0.39 is 0 Å². The van der Waals surface area contributed by atoms with Gasteiger partial charge in [0.05, 0.1) is 11.3 Å². The number of nitrogens with two attached hydrogens (primary N) is 1. The summed E-state index contributed by atoms with van der Waals surface area (Å²) in [6, 6.07) is 12.4. The van der Waals surface area contributed by atoms with Gasteiger partial charge in [0.1, 0.15) is 0 Å². The maximum Gasteiger partial charge on any atom is 0.253 e. The summed E-state index contributed by atoms with van der Waals surface area (Å²) in [5.41, 5.74) is 7.21. The van der Waals surface area contributed by atoms with Crippen LogP contribution in [0.5, 0.6) is 11.5 Å². The quantitative estimate of drug-likeness (QED) is 0.705. The van der Waals surface area contributed by atoms with Crippen molar-refractivity contribution >= 4 is 17.5 Å². The van der Waals surface area contributed by atoms with Gasteiger partial charge >= 0.3 is 0 Å². The Labute approximate surface area is 151 Å². The van der Waals surface area contributed by atoms with Crippen LogP contribution in [0, 0.1) is 0 Å². The van der Waals surface area contributed by atoms with Gasteiger partial charge in [-0.2, -0.15) is 0 Å². The van der Waals surface area contributed by atoms with E-state index in [1.54, 1.807) is 24.3 Å². The zero-order chi connectivity index (χ0) is 18.4. The Morgan fingerprint density at radius 3 is 2.73 bits per heavy atom. The Hall–Kier alpha value is -3.06. The van der Waals surface area contributed by atoms with Crippen LogP contribution in [0.1, 0.15) is 28.8 Å². The van der Waals surface area contributed by atoms with Crippen molar-refractivity contribution in [2.24, 2.45) is 5.73 Å². The molecule has 0 saturated carbocycles. The molecule has 0 saturated heterocycles. The van der Waals surface area contributed by atoms with Crippen LogP contribution in [0.15, 0.2) is 42.5 Å². The fourth-order valence-corrected chi connectivity index (χ4v) is 2.59. The summed E-state index contributed by atoms with van der Waals surface area (Å²) >= 11 is 0. The molecule has 0 atom stereocenters. The molecule has 2 aromatic rings. The minimum Gasteiger partial charge on any atom is -0.454 e. The number of ether oxygens (including phenoxy) is 2. The van der Waals surface area contributed by atoms with E-state index in [0.717, 1.165) is 5.56 Å². The Balaban J connectivity index is 1.63. The molecular weight excluding hydrogens is 334 g/mol. The second-order valence-electron chi connectivity index (χ2n) is 5.86. The number of rotatable bonds is 7. The summed E-state index contributed by atoms with van der Waals surface area (Å²) in [5, 5.41) is 5.62. The van der Waals surface area contributed by atoms with Gasteiger partial charge in [0.2, 0.25) is 12.7 Å². The highest BCUT2D eigenvalue weighted by Gasteiger charge is 2.15. The minimum absolute atomic E-state index is 0.161. The summed E-state index contributed by atoms with van der Waals surface area (Å²) in [6.07, 6.45) is 0.925. The van der Waals surface area contributed by atoms with E-state index in [2.05, 4.69) is 10.6 Å². The standard InChI is InChI=1S/C19H21N3O4/c20-9-3-6-18(23)22-15-5-2-1-4-14(15)19(24)21-11-13-7-8-16-17(10-13)26-12-25-16/h1-2,4-5,7-8,10H,3,6,9,11-12,20H2,(H,21,24)(H,22,23). The van der Waals surface area contributed by atoms with E-state index in [-0.39, 0.29) is 18.6 Å². The summed E-state index contributed by atoms with van der Waals surface area (Å²) in [6.45, 7) is 0.998. The maximum atomic E-state index is 12.5. The first kappa shape index (κ1) is 17.8. The Morgan fingerprint density at radius 1 is 1.08 bits per heavy atom. The molecule has 2 amide bonds. The van der Waals surface area contributed by atoms with Crippen molar-refractivity contribution in [2.45, 2.75) is 19.4 Å². The molecule has 2 aromatic carbocycles. The second kappa shape index (κ2) is 8.35. The smallest absolute Gasteiger partial charge is 0.253 e. The highest BCUT2D eigenvalue weighted by atomic mass is 16.7. The third-order valence-electron chi connectivity index (χ3n) is 3.94. The van der Waals surface area contributed by atoms with Gasteiger partial charge in [-0.15, -0.1) is 0 Å². The van der Waals surface area contributed by atoms with Crippen molar-refractivity contribution in [1.82, 2.24) is 5.32 Å². The van der Waals surface area contributed by atoms with Crippen LogP contribution in [-0.4, -0.2) is 25.2 Å². The molecule has 1 aliphatic rings. The average molecular weight is 355 g/mol. The molecule has 1 heterocycles. The molecule has 7 heteroatoms. The number of amides is 2. The monoisotopic (exact) mass is 355 g/mol. The molecule has 0 unspecified atom stereocenters. The van der Waals surface area contributed by atoms with Crippen LogP contribution in [0.4, 0.5) is 5.69 Å². The first-order valence-electron chi connectivity index (χ1n) is 8.43. The van der Waals surface area contributed by atoms with Crippen molar-refractivity contribution in [1.29, 1.82) is 0 Å². The zero-order valence-corrected chi connectivity index (χ0v) is 14.3. The van der Waals surface area contributed by atoms with Gasteiger partial charge in [0.15, 0.2) is 11.5 Å². The largest absolute Gasteiger partial charge is 0.454 e. The molecule has 3 rings (SSSR count). The molecule has 7 nitrogen and oxygen atoms in total. The minimum atomic E-state index is -0.266.